The molecule has 3 aromatic heterocycles. The predicted octanol–water partition coefficient (Wildman–Crippen LogP) is 4.15. The Morgan fingerprint density at radius 2 is 1.69 bits per heavy atom. The van der Waals surface area contributed by atoms with E-state index in [-0.39, 0.29) is 5.91 Å². The van der Waals surface area contributed by atoms with E-state index >= 15 is 0 Å². The number of methoxy groups -OCH3 is 1. The number of ether oxygens (including phenoxy) is 1. The zero-order valence-electron chi connectivity index (χ0n) is 14.0. The van der Waals surface area contributed by atoms with E-state index < -0.39 is 0 Å². The van der Waals surface area contributed by atoms with Gasteiger partial charge in [-0.15, -0.1) is 0 Å². The lowest BCUT2D eigenvalue weighted by atomic mass is 10.1. The molecule has 0 bridgehead atoms. The number of nitrogens with one attached hydrogen (secondary N) is 1. The molecule has 1 aromatic carbocycles. The number of aromatic nitrogens is 2. The summed E-state index contributed by atoms with van der Waals surface area (Å²) in [5.41, 5.74) is 2.58. The maximum Gasteiger partial charge on any atom is 0.256 e. The van der Waals surface area contributed by atoms with Gasteiger partial charge in [0.2, 0.25) is 0 Å². The molecule has 0 saturated carbocycles. The summed E-state index contributed by atoms with van der Waals surface area (Å²) in [5.74, 6) is 0.983. The minimum atomic E-state index is -0.231. The van der Waals surface area contributed by atoms with Gasteiger partial charge in [-0.1, -0.05) is 0 Å². The maximum atomic E-state index is 12.7. The Bertz CT molecular complexity index is 1060. The molecule has 0 aliphatic carbocycles. The molecule has 128 valence electrons. The van der Waals surface area contributed by atoms with Gasteiger partial charge in [0.05, 0.1) is 12.7 Å². The van der Waals surface area contributed by atoms with Crippen LogP contribution in [-0.2, 0) is 0 Å². The second-order valence-electron chi connectivity index (χ2n) is 5.59. The van der Waals surface area contributed by atoms with Gasteiger partial charge in [-0.05, 0) is 42.5 Å². The van der Waals surface area contributed by atoms with Crippen molar-refractivity contribution in [3.63, 3.8) is 0 Å². The smallest absolute Gasteiger partial charge is 0.256 e. The van der Waals surface area contributed by atoms with Crippen molar-refractivity contribution >= 4 is 22.6 Å². The minimum absolute atomic E-state index is 0.231. The molecule has 0 atom stereocenters. The number of anilines is 1. The first-order valence-corrected chi connectivity index (χ1v) is 7.98. The zero-order valence-corrected chi connectivity index (χ0v) is 14.0. The van der Waals surface area contributed by atoms with Crippen LogP contribution in [0.25, 0.3) is 22.3 Å². The molecule has 3 heterocycles. The Morgan fingerprint density at radius 1 is 1.00 bits per heavy atom. The molecule has 6 heteroatoms. The van der Waals surface area contributed by atoms with Crippen LogP contribution >= 0.6 is 0 Å². The summed E-state index contributed by atoms with van der Waals surface area (Å²) < 4.78 is 11.4. The zero-order chi connectivity index (χ0) is 17.9. The number of carbonyl (C=O) groups excluding carboxylic acids is 1. The van der Waals surface area contributed by atoms with Crippen LogP contribution < -0.4 is 10.1 Å². The number of rotatable bonds is 4. The summed E-state index contributed by atoms with van der Waals surface area (Å²) in [7, 11) is 1.57. The quantitative estimate of drug-likeness (QED) is 0.601. The van der Waals surface area contributed by atoms with E-state index in [2.05, 4.69) is 15.3 Å². The van der Waals surface area contributed by atoms with E-state index in [0.717, 1.165) is 5.56 Å². The van der Waals surface area contributed by atoms with Crippen molar-refractivity contribution in [1.29, 1.82) is 0 Å². The SMILES string of the molecule is COc1ccc(C(=O)Nc2ccncc2)c2cc(-c3ccncc3)oc12. The van der Waals surface area contributed by atoms with E-state index in [1.165, 1.54) is 0 Å². The number of hydrogen-bond acceptors (Lipinski definition) is 5. The topological polar surface area (TPSA) is 77.2 Å². The average molecular weight is 345 g/mol. The fraction of sp³-hybridized carbons (Fsp3) is 0.0500. The van der Waals surface area contributed by atoms with Crippen molar-refractivity contribution in [2.45, 2.75) is 0 Å². The van der Waals surface area contributed by atoms with Crippen LogP contribution in [0.3, 0.4) is 0 Å². The highest BCUT2D eigenvalue weighted by Gasteiger charge is 2.18. The molecular formula is C20H15N3O3. The maximum absolute atomic E-state index is 12.7. The number of furan rings is 1. The highest BCUT2D eigenvalue weighted by atomic mass is 16.5. The number of carbonyl (C=O) groups is 1. The van der Waals surface area contributed by atoms with Crippen LogP contribution in [-0.4, -0.2) is 23.0 Å². The number of amides is 1. The van der Waals surface area contributed by atoms with Gasteiger partial charge in [-0.3, -0.25) is 14.8 Å². The van der Waals surface area contributed by atoms with Gasteiger partial charge in [0.1, 0.15) is 5.76 Å². The lowest BCUT2D eigenvalue weighted by molar-refractivity contribution is 0.102. The van der Waals surface area contributed by atoms with Gasteiger partial charge in [-0.25, -0.2) is 0 Å². The Kier molecular flexibility index (Phi) is 4.07. The van der Waals surface area contributed by atoms with Crippen LogP contribution in [0.15, 0.2) is 71.7 Å². The van der Waals surface area contributed by atoms with Crippen molar-refractivity contribution in [2.24, 2.45) is 0 Å². The Hall–Kier alpha value is -3.67. The first-order valence-electron chi connectivity index (χ1n) is 7.98. The number of pyridine rings is 2. The molecule has 0 spiro atoms. The summed E-state index contributed by atoms with van der Waals surface area (Å²) in [6.07, 6.45) is 6.63. The molecule has 0 fully saturated rings. The highest BCUT2D eigenvalue weighted by molar-refractivity contribution is 6.13. The summed E-state index contributed by atoms with van der Waals surface area (Å²) in [5, 5.41) is 3.55. The molecule has 4 aromatic rings. The summed E-state index contributed by atoms with van der Waals surface area (Å²) in [6.45, 7) is 0. The normalized spacial score (nSPS) is 10.7. The van der Waals surface area contributed by atoms with E-state index in [1.54, 1.807) is 56.2 Å². The third kappa shape index (κ3) is 2.88. The molecule has 0 aliphatic heterocycles. The first-order chi connectivity index (χ1) is 12.8. The third-order valence-electron chi connectivity index (χ3n) is 4.01. The minimum Gasteiger partial charge on any atom is -0.493 e. The average Bonchev–Trinajstić information content (AvgIpc) is 3.14. The lowest BCUT2D eigenvalue weighted by Gasteiger charge is -2.07. The molecule has 26 heavy (non-hydrogen) atoms. The summed E-state index contributed by atoms with van der Waals surface area (Å²) in [6, 6.07) is 12.5. The van der Waals surface area contributed by atoms with E-state index in [1.807, 2.05) is 18.2 Å². The molecule has 0 saturated heterocycles. The Labute approximate surface area is 149 Å². The van der Waals surface area contributed by atoms with Crippen molar-refractivity contribution < 1.29 is 13.9 Å². The number of benzene rings is 1. The number of hydrogen-bond donors (Lipinski definition) is 1. The molecule has 6 nitrogen and oxygen atoms in total. The highest BCUT2D eigenvalue weighted by Crippen LogP contribution is 2.35. The standard InChI is InChI=1S/C20H15N3O3/c1-25-17-3-2-15(20(24)23-14-6-10-22-11-7-14)16-12-18(26-19(16)17)13-4-8-21-9-5-13/h2-12H,1H3,(H,22,23,24). The molecular weight excluding hydrogens is 330 g/mol. The molecule has 1 amide bonds. The molecule has 4 rings (SSSR count). The largest absolute Gasteiger partial charge is 0.493 e. The molecule has 0 radical (unpaired) electrons. The third-order valence-corrected chi connectivity index (χ3v) is 4.01. The van der Waals surface area contributed by atoms with Crippen molar-refractivity contribution in [1.82, 2.24) is 9.97 Å². The van der Waals surface area contributed by atoms with E-state index in [9.17, 15) is 4.79 Å². The molecule has 0 unspecified atom stereocenters. The van der Waals surface area contributed by atoms with E-state index in [0.29, 0.717) is 33.7 Å². The molecule has 0 aliphatic rings. The van der Waals surface area contributed by atoms with Gasteiger partial charge >= 0.3 is 0 Å². The number of nitrogens with zero attached hydrogens (tertiary/aromatic N) is 2. The van der Waals surface area contributed by atoms with Crippen LogP contribution in [0, 0.1) is 0 Å². The van der Waals surface area contributed by atoms with Crippen LogP contribution in [0.1, 0.15) is 10.4 Å². The van der Waals surface area contributed by atoms with Crippen molar-refractivity contribution in [3.05, 3.63) is 72.8 Å². The van der Waals surface area contributed by atoms with Gasteiger partial charge in [-0.2, -0.15) is 0 Å². The second kappa shape index (κ2) is 6.68. The van der Waals surface area contributed by atoms with Gasteiger partial charge in [0.15, 0.2) is 11.3 Å². The fourth-order valence-electron chi connectivity index (χ4n) is 2.75. The van der Waals surface area contributed by atoms with Crippen molar-refractivity contribution in [2.75, 3.05) is 12.4 Å². The van der Waals surface area contributed by atoms with Crippen LogP contribution in [0.5, 0.6) is 5.75 Å². The molecule has 1 N–H and O–H groups in total. The summed E-state index contributed by atoms with van der Waals surface area (Å²) in [4.78, 5) is 20.7. The van der Waals surface area contributed by atoms with Gasteiger partial charge < -0.3 is 14.5 Å². The fourth-order valence-corrected chi connectivity index (χ4v) is 2.75. The lowest BCUT2D eigenvalue weighted by Crippen LogP contribution is -2.12. The Balaban J connectivity index is 1.80. The second-order valence-corrected chi connectivity index (χ2v) is 5.59. The van der Waals surface area contributed by atoms with Gasteiger partial charge in [0, 0.05) is 41.4 Å². The first kappa shape index (κ1) is 15.8. The monoisotopic (exact) mass is 345 g/mol. The van der Waals surface area contributed by atoms with Crippen molar-refractivity contribution in [3.8, 4) is 17.1 Å². The van der Waals surface area contributed by atoms with E-state index in [4.69, 9.17) is 9.15 Å². The van der Waals surface area contributed by atoms with Crippen LogP contribution in [0.2, 0.25) is 0 Å². The number of fused-ring (bicyclic) bond motifs is 1. The van der Waals surface area contributed by atoms with Gasteiger partial charge in [0.25, 0.3) is 5.91 Å². The summed E-state index contributed by atoms with van der Waals surface area (Å²) >= 11 is 0. The predicted molar refractivity (Wildman–Crippen MR) is 98.2 cm³/mol. The van der Waals surface area contributed by atoms with Crippen LogP contribution in [0.4, 0.5) is 5.69 Å². The Morgan fingerprint density at radius 3 is 2.38 bits per heavy atom.